The Balaban J connectivity index is 2.19. The molecule has 0 aromatic carbocycles. The van der Waals surface area contributed by atoms with Crippen molar-refractivity contribution in [1.29, 1.82) is 0 Å². The zero-order chi connectivity index (χ0) is 14.4. The summed E-state index contributed by atoms with van der Waals surface area (Å²) in [5, 5.41) is 3.13. The highest BCUT2D eigenvalue weighted by Crippen LogP contribution is 2.52. The number of nitrogens with two attached hydrogens (primary N) is 1. The van der Waals surface area contributed by atoms with Crippen LogP contribution in [0.15, 0.2) is 18.3 Å². The number of amides is 1. The summed E-state index contributed by atoms with van der Waals surface area (Å²) in [6.45, 7) is 10.2. The molecule has 0 spiro atoms. The third-order valence-corrected chi connectivity index (χ3v) is 4.62. The Hall–Kier alpha value is -1.42. The molecule has 0 saturated heterocycles. The van der Waals surface area contributed by atoms with Gasteiger partial charge in [-0.05, 0) is 19.1 Å². The summed E-state index contributed by atoms with van der Waals surface area (Å²) in [6, 6.07) is 3.74. The number of carbonyl (C=O) groups is 1. The topological polar surface area (TPSA) is 68.0 Å². The molecule has 1 aromatic rings. The monoisotopic (exact) mass is 261 g/mol. The van der Waals surface area contributed by atoms with Crippen LogP contribution >= 0.6 is 0 Å². The lowest BCUT2D eigenvalue weighted by Gasteiger charge is -2.62. The van der Waals surface area contributed by atoms with Gasteiger partial charge in [0.1, 0.15) is 0 Å². The molecule has 0 unspecified atom stereocenters. The van der Waals surface area contributed by atoms with Crippen LogP contribution in [0.4, 0.5) is 0 Å². The Labute approximate surface area is 114 Å². The first-order valence-corrected chi connectivity index (χ1v) is 6.67. The first-order valence-electron chi connectivity index (χ1n) is 6.67. The van der Waals surface area contributed by atoms with Crippen molar-refractivity contribution < 1.29 is 4.79 Å². The van der Waals surface area contributed by atoms with E-state index in [9.17, 15) is 4.79 Å². The second-order valence-electron chi connectivity index (χ2n) is 6.66. The van der Waals surface area contributed by atoms with Gasteiger partial charge in [0.2, 0.25) is 0 Å². The van der Waals surface area contributed by atoms with Gasteiger partial charge in [-0.15, -0.1) is 0 Å². The van der Waals surface area contributed by atoms with Crippen molar-refractivity contribution in [2.45, 2.75) is 46.7 Å². The van der Waals surface area contributed by atoms with Crippen molar-refractivity contribution in [2.24, 2.45) is 16.6 Å². The second kappa shape index (κ2) is 4.30. The number of nitrogens with one attached hydrogen (secondary N) is 1. The van der Waals surface area contributed by atoms with Crippen LogP contribution in [0.3, 0.4) is 0 Å². The molecule has 0 atom stereocenters. The molecule has 2 rings (SSSR count). The molecule has 19 heavy (non-hydrogen) atoms. The van der Waals surface area contributed by atoms with Crippen molar-refractivity contribution >= 4 is 5.91 Å². The Kier molecular flexibility index (Phi) is 3.17. The van der Waals surface area contributed by atoms with E-state index >= 15 is 0 Å². The van der Waals surface area contributed by atoms with Crippen LogP contribution in [0.2, 0.25) is 0 Å². The Morgan fingerprint density at radius 2 is 1.89 bits per heavy atom. The van der Waals surface area contributed by atoms with E-state index in [1.165, 1.54) is 0 Å². The van der Waals surface area contributed by atoms with Crippen LogP contribution < -0.4 is 11.1 Å². The number of aromatic nitrogens is 1. The fourth-order valence-corrected chi connectivity index (χ4v) is 3.49. The highest BCUT2D eigenvalue weighted by atomic mass is 16.1. The molecule has 1 amide bonds. The molecule has 1 aliphatic rings. The average molecular weight is 261 g/mol. The van der Waals surface area contributed by atoms with Crippen LogP contribution in [-0.4, -0.2) is 23.0 Å². The lowest BCUT2D eigenvalue weighted by atomic mass is 9.48. The Morgan fingerprint density at radius 3 is 2.42 bits per heavy atom. The Morgan fingerprint density at radius 1 is 1.32 bits per heavy atom. The highest BCUT2D eigenvalue weighted by molar-refractivity contribution is 5.95. The third kappa shape index (κ3) is 2.04. The number of hydrogen-bond donors (Lipinski definition) is 2. The maximum atomic E-state index is 12.4. The molecule has 3 N–H and O–H groups in total. The van der Waals surface area contributed by atoms with Gasteiger partial charge >= 0.3 is 0 Å². The summed E-state index contributed by atoms with van der Waals surface area (Å²) in [5.41, 5.74) is 7.41. The van der Waals surface area contributed by atoms with Gasteiger partial charge in [0, 0.05) is 34.8 Å². The molecule has 0 radical (unpaired) electrons. The van der Waals surface area contributed by atoms with E-state index in [1.807, 2.05) is 6.92 Å². The standard InChI is InChI=1S/C15H23N3O/c1-9-10(7-6-8-17-9)11(19)18-13-14(2,3)12(16)15(13,4)5/h6-8,12-13H,16H2,1-5H3,(H,18,19). The molecule has 1 heterocycles. The molecule has 104 valence electrons. The van der Waals surface area contributed by atoms with Gasteiger partial charge in [0.25, 0.3) is 5.91 Å². The number of aryl methyl sites for hydroxylation is 1. The number of carbonyl (C=O) groups excluding carboxylic acids is 1. The van der Waals surface area contributed by atoms with Crippen molar-refractivity contribution in [2.75, 3.05) is 0 Å². The molecular formula is C15H23N3O. The zero-order valence-electron chi connectivity index (χ0n) is 12.3. The SMILES string of the molecule is Cc1ncccc1C(=O)NC1C(C)(C)C(N)C1(C)C. The van der Waals surface area contributed by atoms with Crippen molar-refractivity contribution in [3.63, 3.8) is 0 Å². The molecule has 1 fully saturated rings. The van der Waals surface area contributed by atoms with E-state index < -0.39 is 0 Å². The van der Waals surface area contributed by atoms with Crippen LogP contribution in [0, 0.1) is 17.8 Å². The largest absolute Gasteiger partial charge is 0.348 e. The van der Waals surface area contributed by atoms with E-state index in [2.05, 4.69) is 38.0 Å². The fraction of sp³-hybridized carbons (Fsp3) is 0.600. The molecule has 4 heteroatoms. The predicted octanol–water partition coefficient (Wildman–Crippen LogP) is 1.88. The molecule has 1 saturated carbocycles. The van der Waals surface area contributed by atoms with Crippen LogP contribution in [0.25, 0.3) is 0 Å². The first-order chi connectivity index (χ1) is 8.69. The van der Waals surface area contributed by atoms with Gasteiger partial charge in [0.15, 0.2) is 0 Å². The minimum atomic E-state index is -0.0880. The lowest BCUT2D eigenvalue weighted by Crippen LogP contribution is -2.76. The summed E-state index contributed by atoms with van der Waals surface area (Å²) in [6.07, 6.45) is 1.69. The zero-order valence-corrected chi connectivity index (χ0v) is 12.3. The van der Waals surface area contributed by atoms with E-state index in [0.717, 1.165) is 5.69 Å². The van der Waals surface area contributed by atoms with Gasteiger partial charge in [0.05, 0.1) is 5.56 Å². The minimum absolute atomic E-state index is 0.0661. The summed E-state index contributed by atoms with van der Waals surface area (Å²) in [7, 11) is 0. The van der Waals surface area contributed by atoms with E-state index in [0.29, 0.717) is 5.56 Å². The number of rotatable bonds is 2. The molecular weight excluding hydrogens is 238 g/mol. The quantitative estimate of drug-likeness (QED) is 0.854. The molecule has 0 aliphatic heterocycles. The van der Waals surface area contributed by atoms with Gasteiger partial charge < -0.3 is 11.1 Å². The maximum Gasteiger partial charge on any atom is 0.253 e. The second-order valence-corrected chi connectivity index (χ2v) is 6.66. The molecule has 4 nitrogen and oxygen atoms in total. The van der Waals surface area contributed by atoms with Gasteiger partial charge in [-0.2, -0.15) is 0 Å². The molecule has 0 bridgehead atoms. The van der Waals surface area contributed by atoms with E-state index in [1.54, 1.807) is 18.3 Å². The van der Waals surface area contributed by atoms with Crippen LogP contribution in [-0.2, 0) is 0 Å². The van der Waals surface area contributed by atoms with E-state index in [4.69, 9.17) is 5.73 Å². The fourth-order valence-electron chi connectivity index (χ4n) is 3.49. The third-order valence-electron chi connectivity index (χ3n) is 4.62. The summed E-state index contributed by atoms with van der Waals surface area (Å²) in [5.74, 6) is -0.0661. The number of hydrogen-bond acceptors (Lipinski definition) is 3. The Bertz CT molecular complexity index is 492. The molecule has 1 aromatic heterocycles. The van der Waals surface area contributed by atoms with E-state index in [-0.39, 0.29) is 28.8 Å². The summed E-state index contributed by atoms with van der Waals surface area (Å²) in [4.78, 5) is 16.5. The van der Waals surface area contributed by atoms with Crippen molar-refractivity contribution in [1.82, 2.24) is 10.3 Å². The number of nitrogens with zero attached hydrogens (tertiary/aromatic N) is 1. The summed E-state index contributed by atoms with van der Waals surface area (Å²) < 4.78 is 0. The predicted molar refractivity (Wildman–Crippen MR) is 75.8 cm³/mol. The number of pyridine rings is 1. The van der Waals surface area contributed by atoms with Gasteiger partial charge in [-0.1, -0.05) is 27.7 Å². The smallest absolute Gasteiger partial charge is 0.253 e. The molecule has 1 aliphatic carbocycles. The lowest BCUT2D eigenvalue weighted by molar-refractivity contribution is -0.0663. The van der Waals surface area contributed by atoms with Gasteiger partial charge in [-0.25, -0.2) is 0 Å². The van der Waals surface area contributed by atoms with Crippen LogP contribution in [0.5, 0.6) is 0 Å². The average Bonchev–Trinajstić information content (AvgIpc) is 2.34. The minimum Gasteiger partial charge on any atom is -0.348 e. The van der Waals surface area contributed by atoms with Gasteiger partial charge in [-0.3, -0.25) is 9.78 Å². The maximum absolute atomic E-state index is 12.4. The van der Waals surface area contributed by atoms with Crippen molar-refractivity contribution in [3.05, 3.63) is 29.6 Å². The normalized spacial score (nSPS) is 27.5. The summed E-state index contributed by atoms with van der Waals surface area (Å²) >= 11 is 0. The first kappa shape index (κ1) is 14.0. The van der Waals surface area contributed by atoms with Crippen LogP contribution in [0.1, 0.15) is 43.7 Å². The highest BCUT2D eigenvalue weighted by Gasteiger charge is 2.60. The van der Waals surface area contributed by atoms with Crippen molar-refractivity contribution in [3.8, 4) is 0 Å².